The van der Waals surface area contributed by atoms with Crippen LogP contribution in [0.1, 0.15) is 39.7 Å². The summed E-state index contributed by atoms with van der Waals surface area (Å²) in [5.74, 6) is 0. The predicted molar refractivity (Wildman–Crippen MR) is 71.3 cm³/mol. The van der Waals surface area contributed by atoms with E-state index in [1.54, 1.807) is 0 Å². The Morgan fingerprint density at radius 3 is 2.12 bits per heavy atom. The summed E-state index contributed by atoms with van der Waals surface area (Å²) in [7, 11) is 0. The van der Waals surface area contributed by atoms with Crippen LogP contribution in [0.3, 0.4) is 0 Å². The van der Waals surface area contributed by atoms with Crippen LogP contribution in [0.4, 0.5) is 3.89 Å². The molecule has 0 radical (unpaired) electrons. The van der Waals surface area contributed by atoms with Crippen LogP contribution in [0.2, 0.25) is 0 Å². The smallest absolute Gasteiger partial charge is 0.0505 e. The first-order chi connectivity index (χ1) is 7.35. The van der Waals surface area contributed by atoms with E-state index in [2.05, 4.69) is 38.1 Å². The van der Waals surface area contributed by atoms with Gasteiger partial charge in [-0.25, -0.2) is 0 Å². The molecule has 0 aliphatic heterocycles. The fourth-order valence-corrected chi connectivity index (χ4v) is 2.84. The maximum Gasteiger partial charge on any atom is 0.0505 e. The summed E-state index contributed by atoms with van der Waals surface area (Å²) in [6.45, 7) is 8.34. The molecule has 0 bridgehead atoms. The SMILES string of the molecule is CC(C)(Cc1ccccc1)CC(C)(C)SF. The number of halogens is 1. The third-order valence-electron chi connectivity index (χ3n) is 2.64. The third kappa shape index (κ3) is 4.56. The maximum atomic E-state index is 12.8. The Bertz CT molecular complexity index is 317. The Labute approximate surface area is 103 Å². The van der Waals surface area contributed by atoms with Crippen molar-refractivity contribution in [2.24, 2.45) is 5.41 Å². The molecule has 1 aromatic carbocycles. The highest BCUT2D eigenvalue weighted by Gasteiger charge is 2.30. The summed E-state index contributed by atoms with van der Waals surface area (Å²) < 4.78 is 12.5. The summed E-state index contributed by atoms with van der Waals surface area (Å²) in [6.07, 6.45) is 1.87. The van der Waals surface area contributed by atoms with Crippen molar-refractivity contribution in [2.75, 3.05) is 0 Å². The lowest BCUT2D eigenvalue weighted by molar-refractivity contribution is 0.299. The standard InChI is InChI=1S/C14H21FS/c1-13(2,11-14(3,4)16-15)10-12-8-6-5-7-9-12/h5-9H,10-11H2,1-4H3. The minimum Gasteiger partial charge on any atom is -0.165 e. The van der Waals surface area contributed by atoms with Gasteiger partial charge in [-0.1, -0.05) is 44.2 Å². The van der Waals surface area contributed by atoms with Gasteiger partial charge in [-0.2, -0.15) is 3.89 Å². The van der Waals surface area contributed by atoms with E-state index in [9.17, 15) is 3.89 Å². The highest BCUT2D eigenvalue weighted by molar-refractivity contribution is 7.95. The van der Waals surface area contributed by atoms with Gasteiger partial charge in [0, 0.05) is 4.75 Å². The Morgan fingerprint density at radius 1 is 1.06 bits per heavy atom. The molecule has 0 aliphatic carbocycles. The van der Waals surface area contributed by atoms with Gasteiger partial charge in [0.05, 0.1) is 12.1 Å². The average Bonchev–Trinajstić information content (AvgIpc) is 2.17. The number of hydrogen-bond donors (Lipinski definition) is 0. The highest BCUT2D eigenvalue weighted by atomic mass is 32.2. The third-order valence-corrected chi connectivity index (χ3v) is 3.20. The van der Waals surface area contributed by atoms with Crippen molar-refractivity contribution in [1.29, 1.82) is 0 Å². The fraction of sp³-hybridized carbons (Fsp3) is 0.571. The van der Waals surface area contributed by atoms with E-state index < -0.39 is 0 Å². The first-order valence-corrected chi connectivity index (χ1v) is 6.40. The molecular formula is C14H21FS. The van der Waals surface area contributed by atoms with Crippen LogP contribution < -0.4 is 0 Å². The zero-order chi connectivity index (χ0) is 12.2. The molecule has 0 amide bonds. The lowest BCUT2D eigenvalue weighted by Gasteiger charge is -2.32. The predicted octanol–water partition coefficient (Wildman–Crippen LogP) is 5.04. The van der Waals surface area contributed by atoms with Crippen molar-refractivity contribution < 1.29 is 3.89 Å². The molecule has 0 aliphatic rings. The quantitative estimate of drug-likeness (QED) is 0.694. The minimum absolute atomic E-state index is 0.129. The van der Waals surface area contributed by atoms with Crippen LogP contribution in [0.15, 0.2) is 30.3 Å². The van der Waals surface area contributed by atoms with E-state index in [1.165, 1.54) is 5.56 Å². The number of hydrogen-bond acceptors (Lipinski definition) is 1. The summed E-state index contributed by atoms with van der Waals surface area (Å²) in [6, 6.07) is 10.4. The van der Waals surface area contributed by atoms with Crippen molar-refractivity contribution in [3.63, 3.8) is 0 Å². The Kier molecular flexibility index (Phi) is 4.43. The monoisotopic (exact) mass is 240 g/mol. The molecule has 0 spiro atoms. The lowest BCUT2D eigenvalue weighted by atomic mass is 9.78. The van der Waals surface area contributed by atoms with Gasteiger partial charge in [-0.05, 0) is 37.7 Å². The summed E-state index contributed by atoms with van der Waals surface area (Å²) >= 11 is 0.465. The summed E-state index contributed by atoms with van der Waals surface area (Å²) in [5.41, 5.74) is 1.45. The zero-order valence-corrected chi connectivity index (χ0v) is 11.4. The molecule has 0 saturated carbocycles. The fourth-order valence-electron chi connectivity index (χ4n) is 2.39. The molecule has 16 heavy (non-hydrogen) atoms. The summed E-state index contributed by atoms with van der Waals surface area (Å²) in [5, 5.41) is 0. The molecule has 2 heteroatoms. The highest BCUT2D eigenvalue weighted by Crippen LogP contribution is 2.39. The van der Waals surface area contributed by atoms with E-state index in [-0.39, 0.29) is 10.2 Å². The largest absolute Gasteiger partial charge is 0.165 e. The Balaban J connectivity index is 2.65. The van der Waals surface area contributed by atoms with Crippen LogP contribution in [0, 0.1) is 5.41 Å². The molecule has 0 nitrogen and oxygen atoms in total. The van der Waals surface area contributed by atoms with Crippen molar-refractivity contribution >= 4 is 12.1 Å². The Morgan fingerprint density at radius 2 is 1.62 bits per heavy atom. The van der Waals surface area contributed by atoms with Crippen molar-refractivity contribution in [1.82, 2.24) is 0 Å². The molecule has 1 aromatic rings. The van der Waals surface area contributed by atoms with Gasteiger partial charge in [0.1, 0.15) is 0 Å². The topological polar surface area (TPSA) is 0 Å². The van der Waals surface area contributed by atoms with E-state index in [4.69, 9.17) is 0 Å². The van der Waals surface area contributed by atoms with Gasteiger partial charge in [-0.3, -0.25) is 0 Å². The average molecular weight is 240 g/mol. The van der Waals surface area contributed by atoms with Crippen molar-refractivity contribution in [2.45, 2.75) is 45.3 Å². The van der Waals surface area contributed by atoms with E-state index >= 15 is 0 Å². The molecule has 1 rings (SSSR count). The van der Waals surface area contributed by atoms with Crippen LogP contribution in [-0.4, -0.2) is 4.75 Å². The van der Waals surface area contributed by atoms with Crippen LogP contribution in [0.5, 0.6) is 0 Å². The van der Waals surface area contributed by atoms with Crippen molar-refractivity contribution in [3.05, 3.63) is 35.9 Å². The van der Waals surface area contributed by atoms with Gasteiger partial charge in [0.2, 0.25) is 0 Å². The van der Waals surface area contributed by atoms with Crippen molar-refractivity contribution in [3.8, 4) is 0 Å². The normalized spacial score (nSPS) is 12.8. The zero-order valence-electron chi connectivity index (χ0n) is 10.6. The second-order valence-corrected chi connectivity index (χ2v) is 7.10. The first-order valence-electron chi connectivity index (χ1n) is 5.68. The number of benzene rings is 1. The van der Waals surface area contributed by atoms with Crippen LogP contribution in [0.25, 0.3) is 0 Å². The first kappa shape index (κ1) is 13.6. The second-order valence-electron chi connectivity index (χ2n) is 5.84. The van der Waals surface area contributed by atoms with E-state index in [0.717, 1.165) is 12.8 Å². The molecule has 0 fully saturated rings. The van der Waals surface area contributed by atoms with Crippen LogP contribution >= 0.6 is 12.1 Å². The lowest BCUT2D eigenvalue weighted by Crippen LogP contribution is -2.26. The van der Waals surface area contributed by atoms with Gasteiger partial charge >= 0.3 is 0 Å². The molecule has 0 atom stereocenters. The summed E-state index contributed by atoms with van der Waals surface area (Å²) in [4.78, 5) is 0. The van der Waals surface area contributed by atoms with E-state index in [1.807, 2.05) is 19.9 Å². The van der Waals surface area contributed by atoms with Gasteiger partial charge in [0.25, 0.3) is 0 Å². The molecule has 0 N–H and O–H groups in total. The van der Waals surface area contributed by atoms with Gasteiger partial charge < -0.3 is 0 Å². The molecule has 0 heterocycles. The number of rotatable bonds is 5. The van der Waals surface area contributed by atoms with Crippen LogP contribution in [-0.2, 0) is 6.42 Å². The maximum absolute atomic E-state index is 12.8. The van der Waals surface area contributed by atoms with Gasteiger partial charge in [0.15, 0.2) is 0 Å². The molecule has 0 saturated heterocycles. The minimum atomic E-state index is -0.293. The van der Waals surface area contributed by atoms with Gasteiger partial charge in [-0.15, -0.1) is 0 Å². The van der Waals surface area contributed by atoms with E-state index in [0.29, 0.717) is 12.1 Å². The molecule has 0 unspecified atom stereocenters. The molecular weight excluding hydrogens is 219 g/mol. The second kappa shape index (κ2) is 5.22. The Hall–Kier alpha value is -0.500. The molecule has 90 valence electrons. The molecule has 0 aromatic heterocycles.